The monoisotopic (exact) mass is 386 g/mol. The summed E-state index contributed by atoms with van der Waals surface area (Å²) in [5, 5.41) is 1.08. The first-order valence-corrected chi connectivity index (χ1v) is 7.82. The summed E-state index contributed by atoms with van der Waals surface area (Å²) in [6.45, 7) is 0. The summed E-state index contributed by atoms with van der Waals surface area (Å²) in [6.07, 6.45) is 0.594. The van der Waals surface area contributed by atoms with Gasteiger partial charge in [0.05, 0.1) is 7.11 Å². The Morgan fingerprint density at radius 2 is 1.81 bits per heavy atom. The highest BCUT2D eigenvalue weighted by molar-refractivity contribution is 9.10. The number of carbonyl (C=O) groups is 1. The molecule has 2 aromatic carbocycles. The number of ether oxygens (including phenoxy) is 1. The summed E-state index contributed by atoms with van der Waals surface area (Å²) in [4.78, 5) is 12.2. The SMILES string of the molecule is COc1ccc(Br)c(CC(=O)Cc2ccc(Cl)cc2Cl)c1. The Hall–Kier alpha value is -1.03. The van der Waals surface area contributed by atoms with Crippen LogP contribution in [0.1, 0.15) is 11.1 Å². The van der Waals surface area contributed by atoms with E-state index < -0.39 is 0 Å². The second kappa shape index (κ2) is 7.30. The van der Waals surface area contributed by atoms with Crippen LogP contribution >= 0.6 is 39.1 Å². The molecule has 0 spiro atoms. The molecule has 0 aliphatic heterocycles. The fraction of sp³-hybridized carbons (Fsp3) is 0.188. The number of Topliss-reactive ketones (excluding diaryl/α,β-unsaturated/α-hetero) is 1. The minimum absolute atomic E-state index is 0.0770. The number of rotatable bonds is 5. The van der Waals surface area contributed by atoms with Gasteiger partial charge in [0.15, 0.2) is 0 Å². The van der Waals surface area contributed by atoms with Crippen LogP contribution in [0.3, 0.4) is 0 Å². The average Bonchev–Trinajstić information content (AvgIpc) is 2.44. The first-order chi connectivity index (χ1) is 9.99. The predicted octanol–water partition coefficient (Wildman–Crippen LogP) is 5.12. The van der Waals surface area contributed by atoms with Crippen LogP contribution in [0.5, 0.6) is 5.75 Å². The van der Waals surface area contributed by atoms with Crippen molar-refractivity contribution in [3.63, 3.8) is 0 Å². The topological polar surface area (TPSA) is 26.3 Å². The Labute approximate surface area is 142 Å². The second-order valence-corrected chi connectivity index (χ2v) is 6.28. The van der Waals surface area contributed by atoms with Crippen molar-refractivity contribution in [2.75, 3.05) is 7.11 Å². The zero-order chi connectivity index (χ0) is 15.4. The highest BCUT2D eigenvalue weighted by Crippen LogP contribution is 2.25. The van der Waals surface area contributed by atoms with Gasteiger partial charge < -0.3 is 4.74 Å². The van der Waals surface area contributed by atoms with Crippen LogP contribution in [-0.4, -0.2) is 12.9 Å². The van der Waals surface area contributed by atoms with Crippen LogP contribution in [0.2, 0.25) is 10.0 Å². The Balaban J connectivity index is 2.11. The predicted molar refractivity (Wildman–Crippen MR) is 89.6 cm³/mol. The maximum atomic E-state index is 12.2. The van der Waals surface area contributed by atoms with E-state index in [1.54, 1.807) is 25.3 Å². The van der Waals surface area contributed by atoms with Crippen LogP contribution in [-0.2, 0) is 17.6 Å². The Morgan fingerprint density at radius 3 is 2.48 bits per heavy atom. The van der Waals surface area contributed by atoms with Gasteiger partial charge >= 0.3 is 0 Å². The van der Waals surface area contributed by atoms with Gasteiger partial charge in [-0.25, -0.2) is 0 Å². The molecule has 0 radical (unpaired) electrons. The standard InChI is InChI=1S/C16H13BrCl2O2/c1-21-14-4-5-15(17)11(8-14)7-13(20)6-10-2-3-12(18)9-16(10)19/h2-5,8-9H,6-7H2,1H3. The van der Waals surface area contributed by atoms with E-state index in [1.165, 1.54) is 0 Å². The third-order valence-corrected chi connectivity index (χ3v) is 4.40. The molecule has 0 saturated heterocycles. The van der Waals surface area contributed by atoms with Crippen LogP contribution in [0.15, 0.2) is 40.9 Å². The molecular weight excluding hydrogens is 375 g/mol. The molecule has 0 saturated carbocycles. The maximum absolute atomic E-state index is 12.2. The van der Waals surface area contributed by atoms with Gasteiger partial charge in [-0.15, -0.1) is 0 Å². The smallest absolute Gasteiger partial charge is 0.141 e. The molecule has 0 N–H and O–H groups in total. The van der Waals surface area contributed by atoms with E-state index in [0.717, 1.165) is 21.3 Å². The fourth-order valence-corrected chi connectivity index (χ4v) is 2.83. The molecule has 0 atom stereocenters. The van der Waals surface area contributed by atoms with Crippen LogP contribution in [0.4, 0.5) is 0 Å². The first kappa shape index (κ1) is 16.3. The molecule has 0 aromatic heterocycles. The van der Waals surface area contributed by atoms with Crippen molar-refractivity contribution in [1.29, 1.82) is 0 Å². The lowest BCUT2D eigenvalue weighted by atomic mass is 10.0. The number of ketones is 1. The van der Waals surface area contributed by atoms with Crippen molar-refractivity contribution in [3.8, 4) is 5.75 Å². The lowest BCUT2D eigenvalue weighted by molar-refractivity contribution is -0.117. The number of hydrogen-bond acceptors (Lipinski definition) is 2. The third kappa shape index (κ3) is 4.47. The third-order valence-electron chi connectivity index (χ3n) is 3.04. The lowest BCUT2D eigenvalue weighted by Gasteiger charge is -2.08. The molecule has 0 unspecified atom stereocenters. The molecule has 0 aliphatic rings. The summed E-state index contributed by atoms with van der Waals surface area (Å²) in [6, 6.07) is 10.7. The van der Waals surface area contributed by atoms with E-state index in [2.05, 4.69) is 15.9 Å². The average molecular weight is 388 g/mol. The molecule has 0 fully saturated rings. The number of benzene rings is 2. The van der Waals surface area contributed by atoms with E-state index in [1.807, 2.05) is 18.2 Å². The van der Waals surface area contributed by atoms with Gasteiger partial charge in [0.1, 0.15) is 11.5 Å². The Kier molecular flexibility index (Phi) is 5.68. The fourth-order valence-electron chi connectivity index (χ4n) is 1.97. The normalized spacial score (nSPS) is 10.5. The largest absolute Gasteiger partial charge is 0.497 e. The molecule has 0 aliphatic carbocycles. The van der Waals surface area contributed by atoms with Crippen LogP contribution < -0.4 is 4.74 Å². The zero-order valence-corrected chi connectivity index (χ0v) is 14.4. The van der Waals surface area contributed by atoms with Crippen molar-refractivity contribution < 1.29 is 9.53 Å². The molecule has 2 rings (SSSR count). The van der Waals surface area contributed by atoms with Crippen LogP contribution in [0, 0.1) is 0 Å². The van der Waals surface area contributed by atoms with Gasteiger partial charge in [-0.05, 0) is 41.5 Å². The van der Waals surface area contributed by atoms with E-state index >= 15 is 0 Å². The second-order valence-electron chi connectivity index (χ2n) is 4.59. The molecule has 2 aromatic rings. The summed E-state index contributed by atoms with van der Waals surface area (Å²) in [5.41, 5.74) is 1.68. The van der Waals surface area contributed by atoms with E-state index in [9.17, 15) is 4.79 Å². The summed E-state index contributed by atoms with van der Waals surface area (Å²) >= 11 is 15.4. The number of carbonyl (C=O) groups excluding carboxylic acids is 1. The van der Waals surface area contributed by atoms with Gasteiger partial charge in [0.2, 0.25) is 0 Å². The minimum Gasteiger partial charge on any atom is -0.497 e. The van der Waals surface area contributed by atoms with Gasteiger partial charge in [-0.3, -0.25) is 4.79 Å². The van der Waals surface area contributed by atoms with Gasteiger partial charge in [-0.2, -0.15) is 0 Å². The van der Waals surface area contributed by atoms with E-state index in [0.29, 0.717) is 16.5 Å². The van der Waals surface area contributed by atoms with Crippen molar-refractivity contribution in [1.82, 2.24) is 0 Å². The van der Waals surface area contributed by atoms with Gasteiger partial charge in [0.25, 0.3) is 0 Å². The number of hydrogen-bond donors (Lipinski definition) is 0. The molecular formula is C16H13BrCl2O2. The quantitative estimate of drug-likeness (QED) is 0.711. The first-order valence-electron chi connectivity index (χ1n) is 6.27. The van der Waals surface area contributed by atoms with Crippen molar-refractivity contribution in [2.24, 2.45) is 0 Å². The molecule has 110 valence electrons. The summed E-state index contributed by atoms with van der Waals surface area (Å²) in [7, 11) is 1.60. The van der Waals surface area contributed by atoms with Crippen molar-refractivity contribution >= 4 is 44.9 Å². The molecule has 0 amide bonds. The molecule has 2 nitrogen and oxygen atoms in total. The highest BCUT2D eigenvalue weighted by Gasteiger charge is 2.11. The van der Waals surface area contributed by atoms with Gasteiger partial charge in [-0.1, -0.05) is 45.2 Å². The minimum atomic E-state index is 0.0770. The lowest BCUT2D eigenvalue weighted by Crippen LogP contribution is -2.07. The van der Waals surface area contributed by atoms with Crippen molar-refractivity contribution in [2.45, 2.75) is 12.8 Å². The summed E-state index contributed by atoms with van der Waals surface area (Å²) in [5.74, 6) is 0.804. The van der Waals surface area contributed by atoms with Gasteiger partial charge in [0, 0.05) is 27.4 Å². The molecule has 5 heteroatoms. The Morgan fingerprint density at radius 1 is 1.10 bits per heavy atom. The summed E-state index contributed by atoms with van der Waals surface area (Å²) < 4.78 is 6.06. The highest BCUT2D eigenvalue weighted by atomic mass is 79.9. The van der Waals surface area contributed by atoms with E-state index in [4.69, 9.17) is 27.9 Å². The number of methoxy groups -OCH3 is 1. The Bertz CT molecular complexity index is 671. The molecule has 0 bridgehead atoms. The molecule has 0 heterocycles. The van der Waals surface area contributed by atoms with Crippen molar-refractivity contribution in [3.05, 3.63) is 62.0 Å². The zero-order valence-electron chi connectivity index (χ0n) is 11.3. The van der Waals surface area contributed by atoms with Crippen LogP contribution in [0.25, 0.3) is 0 Å². The number of halogens is 3. The molecule has 21 heavy (non-hydrogen) atoms. The van der Waals surface area contributed by atoms with E-state index in [-0.39, 0.29) is 12.2 Å². The maximum Gasteiger partial charge on any atom is 0.141 e.